The molecule has 1 fully saturated rings. The van der Waals surface area contributed by atoms with Crippen LogP contribution in [0.5, 0.6) is 0 Å². The van der Waals surface area contributed by atoms with Crippen molar-refractivity contribution in [3.63, 3.8) is 0 Å². The van der Waals surface area contributed by atoms with Crippen LogP contribution in [0, 0.1) is 0 Å². The molecule has 3 nitrogen and oxygen atoms in total. The number of hydrogen-bond acceptors (Lipinski definition) is 2. The highest BCUT2D eigenvalue weighted by Gasteiger charge is 2.18. The Morgan fingerprint density at radius 3 is 2.73 bits per heavy atom. The van der Waals surface area contributed by atoms with E-state index >= 15 is 0 Å². The standard InChI is InChI=1S/C12H17NO2/c1-15-12(14)11-8-7-10(13-11)9-5-3-2-4-6-9/h7-9,13H,2-6H2,1H3. The number of methoxy groups -OCH3 is 1. The van der Waals surface area contributed by atoms with E-state index in [1.807, 2.05) is 12.1 Å². The highest BCUT2D eigenvalue weighted by atomic mass is 16.5. The van der Waals surface area contributed by atoms with Crippen LogP contribution in [-0.2, 0) is 4.74 Å². The number of hydrogen-bond donors (Lipinski definition) is 1. The molecule has 3 heteroatoms. The quantitative estimate of drug-likeness (QED) is 0.758. The van der Waals surface area contributed by atoms with Crippen molar-refractivity contribution in [3.05, 3.63) is 23.5 Å². The van der Waals surface area contributed by atoms with E-state index in [4.69, 9.17) is 0 Å². The molecule has 1 heterocycles. The van der Waals surface area contributed by atoms with Crippen LogP contribution in [0.25, 0.3) is 0 Å². The summed E-state index contributed by atoms with van der Waals surface area (Å²) in [5, 5.41) is 0. The summed E-state index contributed by atoms with van der Waals surface area (Å²) in [5.41, 5.74) is 1.76. The first kappa shape index (κ1) is 10.3. The molecule has 1 saturated carbocycles. The Labute approximate surface area is 89.8 Å². The molecule has 15 heavy (non-hydrogen) atoms. The summed E-state index contributed by atoms with van der Waals surface area (Å²) in [6.45, 7) is 0. The van der Waals surface area contributed by atoms with Gasteiger partial charge in [0.15, 0.2) is 0 Å². The molecule has 0 aliphatic heterocycles. The fraction of sp³-hybridized carbons (Fsp3) is 0.583. The van der Waals surface area contributed by atoms with Crippen LogP contribution in [0.4, 0.5) is 0 Å². The molecular formula is C12H17NO2. The smallest absolute Gasteiger partial charge is 0.354 e. The minimum atomic E-state index is -0.281. The number of carbonyl (C=O) groups excluding carboxylic acids is 1. The van der Waals surface area contributed by atoms with E-state index in [2.05, 4.69) is 9.72 Å². The molecule has 0 radical (unpaired) electrons. The summed E-state index contributed by atoms with van der Waals surface area (Å²) < 4.78 is 4.67. The Balaban J connectivity index is 2.08. The van der Waals surface area contributed by atoms with Crippen molar-refractivity contribution in [3.8, 4) is 0 Å². The van der Waals surface area contributed by atoms with Crippen molar-refractivity contribution in [2.75, 3.05) is 7.11 Å². The van der Waals surface area contributed by atoms with E-state index in [0.717, 1.165) is 0 Å². The average Bonchev–Trinajstić information content (AvgIpc) is 2.78. The van der Waals surface area contributed by atoms with Gasteiger partial charge in [-0.2, -0.15) is 0 Å². The molecule has 1 N–H and O–H groups in total. The lowest BCUT2D eigenvalue weighted by atomic mass is 9.87. The number of nitrogens with one attached hydrogen (secondary N) is 1. The van der Waals surface area contributed by atoms with Crippen molar-refractivity contribution in [1.82, 2.24) is 4.98 Å². The summed E-state index contributed by atoms with van der Waals surface area (Å²) in [5.74, 6) is 0.328. The van der Waals surface area contributed by atoms with Gasteiger partial charge in [-0.05, 0) is 30.9 Å². The molecule has 1 aliphatic carbocycles. The number of ether oxygens (including phenoxy) is 1. The Bertz CT molecular complexity index is 337. The number of esters is 1. The van der Waals surface area contributed by atoms with E-state index in [-0.39, 0.29) is 5.97 Å². The van der Waals surface area contributed by atoms with E-state index in [0.29, 0.717) is 11.6 Å². The van der Waals surface area contributed by atoms with Gasteiger partial charge < -0.3 is 9.72 Å². The number of carbonyl (C=O) groups is 1. The van der Waals surface area contributed by atoms with E-state index in [9.17, 15) is 4.79 Å². The fourth-order valence-electron chi connectivity index (χ4n) is 2.29. The van der Waals surface area contributed by atoms with Crippen molar-refractivity contribution in [1.29, 1.82) is 0 Å². The highest BCUT2D eigenvalue weighted by molar-refractivity contribution is 5.87. The van der Waals surface area contributed by atoms with Crippen LogP contribution in [0.1, 0.15) is 54.2 Å². The molecule has 0 spiro atoms. The Kier molecular flexibility index (Phi) is 3.09. The monoisotopic (exact) mass is 207 g/mol. The second-order valence-corrected chi connectivity index (χ2v) is 4.15. The Morgan fingerprint density at radius 2 is 2.07 bits per heavy atom. The predicted octanol–water partition coefficient (Wildman–Crippen LogP) is 2.85. The fourth-order valence-corrected chi connectivity index (χ4v) is 2.29. The minimum absolute atomic E-state index is 0.281. The van der Waals surface area contributed by atoms with Gasteiger partial charge in [0.05, 0.1) is 7.11 Å². The third kappa shape index (κ3) is 2.22. The SMILES string of the molecule is COC(=O)c1ccc(C2CCCCC2)[nH]1. The molecule has 0 amide bonds. The summed E-state index contributed by atoms with van der Waals surface area (Å²) in [6.07, 6.45) is 6.43. The summed E-state index contributed by atoms with van der Waals surface area (Å²) in [4.78, 5) is 14.4. The normalized spacial score (nSPS) is 17.7. The van der Waals surface area contributed by atoms with Gasteiger partial charge in [0, 0.05) is 5.69 Å². The van der Waals surface area contributed by atoms with Crippen molar-refractivity contribution < 1.29 is 9.53 Å². The topological polar surface area (TPSA) is 42.1 Å². The Morgan fingerprint density at radius 1 is 1.33 bits per heavy atom. The molecule has 2 rings (SSSR count). The summed E-state index contributed by atoms with van der Waals surface area (Å²) in [6, 6.07) is 3.83. The lowest BCUT2D eigenvalue weighted by molar-refractivity contribution is 0.0594. The first-order chi connectivity index (χ1) is 7.31. The van der Waals surface area contributed by atoms with Gasteiger partial charge >= 0.3 is 5.97 Å². The van der Waals surface area contributed by atoms with Gasteiger partial charge in [-0.3, -0.25) is 0 Å². The lowest BCUT2D eigenvalue weighted by Gasteiger charge is -2.20. The number of rotatable bonds is 2. The summed E-state index contributed by atoms with van der Waals surface area (Å²) >= 11 is 0. The first-order valence-corrected chi connectivity index (χ1v) is 5.58. The van der Waals surface area contributed by atoms with Crippen LogP contribution in [0.2, 0.25) is 0 Å². The lowest BCUT2D eigenvalue weighted by Crippen LogP contribution is -2.06. The van der Waals surface area contributed by atoms with Crippen molar-refractivity contribution >= 4 is 5.97 Å². The maximum Gasteiger partial charge on any atom is 0.354 e. The molecule has 0 saturated heterocycles. The zero-order valence-electron chi connectivity index (χ0n) is 9.08. The third-order valence-electron chi connectivity index (χ3n) is 3.16. The largest absolute Gasteiger partial charge is 0.464 e. The molecule has 1 aromatic heterocycles. The average molecular weight is 207 g/mol. The second kappa shape index (κ2) is 4.51. The molecule has 1 aromatic rings. The van der Waals surface area contributed by atoms with Crippen LogP contribution in [-0.4, -0.2) is 18.1 Å². The highest BCUT2D eigenvalue weighted by Crippen LogP contribution is 2.31. The van der Waals surface area contributed by atoms with Gasteiger partial charge in [0.25, 0.3) is 0 Å². The molecule has 1 aliphatic rings. The number of H-pyrrole nitrogens is 1. The van der Waals surface area contributed by atoms with Crippen LogP contribution >= 0.6 is 0 Å². The van der Waals surface area contributed by atoms with Gasteiger partial charge in [0.1, 0.15) is 5.69 Å². The van der Waals surface area contributed by atoms with E-state index in [1.54, 1.807) is 0 Å². The molecule has 0 bridgehead atoms. The molecule has 0 atom stereocenters. The number of aromatic nitrogens is 1. The second-order valence-electron chi connectivity index (χ2n) is 4.15. The number of aromatic amines is 1. The van der Waals surface area contributed by atoms with Crippen molar-refractivity contribution in [2.45, 2.75) is 38.0 Å². The third-order valence-corrected chi connectivity index (χ3v) is 3.16. The van der Waals surface area contributed by atoms with Gasteiger partial charge in [0.2, 0.25) is 0 Å². The Hall–Kier alpha value is -1.25. The van der Waals surface area contributed by atoms with E-state index < -0.39 is 0 Å². The molecule has 82 valence electrons. The van der Waals surface area contributed by atoms with Crippen LogP contribution < -0.4 is 0 Å². The van der Waals surface area contributed by atoms with Gasteiger partial charge in [-0.15, -0.1) is 0 Å². The maximum atomic E-state index is 11.3. The first-order valence-electron chi connectivity index (χ1n) is 5.58. The zero-order valence-corrected chi connectivity index (χ0v) is 9.08. The molecular weight excluding hydrogens is 190 g/mol. The minimum Gasteiger partial charge on any atom is -0.464 e. The van der Waals surface area contributed by atoms with E-state index in [1.165, 1.54) is 44.9 Å². The maximum absolute atomic E-state index is 11.3. The van der Waals surface area contributed by atoms with Crippen LogP contribution in [0.3, 0.4) is 0 Å². The van der Waals surface area contributed by atoms with Crippen molar-refractivity contribution in [2.24, 2.45) is 0 Å². The predicted molar refractivity (Wildman–Crippen MR) is 58.0 cm³/mol. The van der Waals surface area contributed by atoms with Crippen LogP contribution in [0.15, 0.2) is 12.1 Å². The zero-order chi connectivity index (χ0) is 10.7. The summed E-state index contributed by atoms with van der Waals surface area (Å²) in [7, 11) is 1.41. The van der Waals surface area contributed by atoms with Gasteiger partial charge in [-0.1, -0.05) is 19.3 Å². The molecule has 0 unspecified atom stereocenters. The molecule has 0 aromatic carbocycles. The van der Waals surface area contributed by atoms with Gasteiger partial charge in [-0.25, -0.2) is 4.79 Å².